The third-order valence-corrected chi connectivity index (χ3v) is 5.23. The van der Waals surface area contributed by atoms with Gasteiger partial charge in [-0.2, -0.15) is 0 Å². The van der Waals surface area contributed by atoms with Crippen molar-refractivity contribution in [3.8, 4) is 0 Å². The highest BCUT2D eigenvalue weighted by atomic mass is 79.9. The molecule has 0 saturated carbocycles. The van der Waals surface area contributed by atoms with Gasteiger partial charge in [0.1, 0.15) is 6.04 Å². The number of likely N-dealkylation sites (tertiary alicyclic amines) is 1. The van der Waals surface area contributed by atoms with E-state index in [1.54, 1.807) is 4.90 Å². The lowest BCUT2D eigenvalue weighted by atomic mass is 10.2. The third-order valence-electron chi connectivity index (χ3n) is 2.90. The van der Waals surface area contributed by atoms with E-state index >= 15 is 0 Å². The van der Waals surface area contributed by atoms with Crippen molar-refractivity contribution in [1.29, 1.82) is 0 Å². The zero-order valence-electron chi connectivity index (χ0n) is 13.7. The van der Waals surface area contributed by atoms with Gasteiger partial charge >= 0.3 is 5.97 Å². The lowest BCUT2D eigenvalue weighted by molar-refractivity contribution is -0.145. The molecule has 1 saturated heterocycles. The predicted octanol–water partition coefficient (Wildman–Crippen LogP) is 2.58. The van der Waals surface area contributed by atoms with Crippen molar-refractivity contribution in [2.24, 2.45) is 0 Å². The van der Waals surface area contributed by atoms with E-state index in [9.17, 15) is 9.59 Å². The van der Waals surface area contributed by atoms with Crippen LogP contribution in [0.15, 0.2) is 0 Å². The number of alkyl halides is 1. The van der Waals surface area contributed by atoms with Crippen molar-refractivity contribution in [3.63, 3.8) is 0 Å². The molecule has 1 fully saturated rings. The average molecular weight is 396 g/mol. The van der Waals surface area contributed by atoms with Gasteiger partial charge in [0.05, 0.1) is 11.4 Å². The molecule has 0 N–H and O–H groups in total. The largest absolute Gasteiger partial charge is 0.518 e. The summed E-state index contributed by atoms with van der Waals surface area (Å²) in [5, 5.41) is 0.212. The van der Waals surface area contributed by atoms with E-state index in [-0.39, 0.29) is 23.3 Å². The summed E-state index contributed by atoms with van der Waals surface area (Å²) in [4.78, 5) is 26.0. The van der Waals surface area contributed by atoms with Gasteiger partial charge in [-0.15, -0.1) is 0 Å². The summed E-state index contributed by atoms with van der Waals surface area (Å²) in [7, 11) is -3.66. The van der Waals surface area contributed by atoms with Crippen LogP contribution in [0.3, 0.4) is 0 Å². The molecule has 21 heavy (non-hydrogen) atoms. The summed E-state index contributed by atoms with van der Waals surface area (Å²) in [5.41, 5.74) is 0. The van der Waals surface area contributed by atoms with E-state index in [0.717, 1.165) is 0 Å². The minimum Gasteiger partial charge on any atom is -0.518 e. The fourth-order valence-corrected chi connectivity index (χ4v) is 4.56. The summed E-state index contributed by atoms with van der Waals surface area (Å²) < 4.78 is 11.6. The van der Waals surface area contributed by atoms with E-state index < -0.39 is 22.7 Å². The molecule has 0 aromatic carbocycles. The molecule has 1 aliphatic rings. The van der Waals surface area contributed by atoms with Crippen LogP contribution < -0.4 is 0 Å². The molecule has 5 nitrogen and oxygen atoms in total. The Morgan fingerprint density at radius 2 is 1.71 bits per heavy atom. The lowest BCUT2D eigenvalue weighted by Crippen LogP contribution is -2.45. The van der Waals surface area contributed by atoms with Crippen LogP contribution in [-0.4, -0.2) is 57.4 Å². The van der Waals surface area contributed by atoms with Crippen LogP contribution in [0.25, 0.3) is 0 Å². The smallest absolute Gasteiger partial charge is 0.315 e. The maximum absolute atomic E-state index is 12.4. The Bertz CT molecular complexity index is 406. The van der Waals surface area contributed by atoms with Gasteiger partial charge in [0.25, 0.3) is 0 Å². The summed E-state index contributed by atoms with van der Waals surface area (Å²) >= 11 is 3.18. The molecule has 0 aromatic rings. The Balaban J connectivity index is 2.83. The molecule has 0 aliphatic carbocycles. The molecule has 0 bridgehead atoms. The first-order valence-corrected chi connectivity index (χ1v) is 15.1. The Morgan fingerprint density at radius 1 is 1.14 bits per heavy atom. The fraction of sp³-hybridized carbons (Fsp3) is 0.846. The Labute approximate surface area is 137 Å². The maximum atomic E-state index is 12.4. The Hall–Kier alpha value is -0.186. The van der Waals surface area contributed by atoms with Crippen LogP contribution >= 0.6 is 15.9 Å². The highest BCUT2D eigenvalue weighted by molar-refractivity contribution is 9.09. The van der Waals surface area contributed by atoms with Crippen molar-refractivity contribution in [1.82, 2.24) is 4.90 Å². The number of carbonyl (C=O) groups excluding carboxylic acids is 2. The van der Waals surface area contributed by atoms with Gasteiger partial charge in [-0.3, -0.25) is 9.59 Å². The van der Waals surface area contributed by atoms with Crippen LogP contribution in [0.4, 0.5) is 0 Å². The van der Waals surface area contributed by atoms with Gasteiger partial charge in [0, 0.05) is 13.0 Å². The predicted molar refractivity (Wildman–Crippen MR) is 91.6 cm³/mol. The monoisotopic (exact) mass is 395 g/mol. The molecule has 8 heteroatoms. The Morgan fingerprint density at radius 3 is 2.14 bits per heavy atom. The first kappa shape index (κ1) is 18.9. The summed E-state index contributed by atoms with van der Waals surface area (Å²) in [6.07, 6.45) is 0.464. The van der Waals surface area contributed by atoms with Crippen molar-refractivity contribution < 1.29 is 18.4 Å². The van der Waals surface area contributed by atoms with Crippen LogP contribution in [0.5, 0.6) is 0 Å². The quantitative estimate of drug-likeness (QED) is 0.530. The van der Waals surface area contributed by atoms with Gasteiger partial charge in [-0.25, -0.2) is 0 Å². The van der Waals surface area contributed by atoms with Crippen LogP contribution in [0, 0.1) is 0 Å². The van der Waals surface area contributed by atoms with Gasteiger partial charge < -0.3 is 13.8 Å². The number of amides is 1. The van der Waals surface area contributed by atoms with Gasteiger partial charge in [-0.1, -0.05) is 15.9 Å². The third kappa shape index (κ3) is 6.21. The second-order valence-electron chi connectivity index (χ2n) is 7.32. The molecule has 122 valence electrons. The van der Waals surface area contributed by atoms with Crippen molar-refractivity contribution >= 4 is 44.4 Å². The van der Waals surface area contributed by atoms with Crippen molar-refractivity contribution in [2.45, 2.75) is 57.8 Å². The average Bonchev–Trinajstić information content (AvgIpc) is 2.67. The molecule has 0 spiro atoms. The van der Waals surface area contributed by atoms with Gasteiger partial charge in [0.2, 0.25) is 14.2 Å². The number of nitrogens with zero attached hydrogens (tertiary/aromatic N) is 1. The fourth-order valence-electron chi connectivity index (χ4n) is 2.33. The molecule has 1 rings (SSSR count). The molecule has 1 heterocycles. The number of halogens is 1. The van der Waals surface area contributed by atoms with Crippen molar-refractivity contribution in [2.75, 3.05) is 11.9 Å². The molecule has 0 radical (unpaired) electrons. The lowest BCUT2D eigenvalue weighted by Gasteiger charge is -2.26. The molecule has 0 unspecified atom stereocenters. The number of rotatable bonds is 5. The van der Waals surface area contributed by atoms with E-state index in [2.05, 4.69) is 35.6 Å². The minimum atomic E-state index is -1.96. The van der Waals surface area contributed by atoms with E-state index in [1.165, 1.54) is 0 Å². The standard InChI is InChI=1S/C13H26BrNO4Si2/c1-20(2,3)18-10-7-11(13(17)19-21(4,5)6)15(9-10)12(16)8-14/h10-11H,7-9H2,1-6H3/t10-,11+/m1/s1. The normalized spacial score (nSPS) is 23.3. The molecule has 0 aromatic heterocycles. The summed E-state index contributed by atoms with van der Waals surface area (Å²) in [6, 6.07) is -0.511. The maximum Gasteiger partial charge on any atom is 0.315 e. The number of hydrogen-bond acceptors (Lipinski definition) is 4. The summed E-state index contributed by atoms with van der Waals surface area (Å²) in [6.45, 7) is 12.7. The molecule has 1 amide bonds. The molecular weight excluding hydrogens is 370 g/mol. The summed E-state index contributed by atoms with van der Waals surface area (Å²) in [5.74, 6) is -0.376. The van der Waals surface area contributed by atoms with Crippen molar-refractivity contribution in [3.05, 3.63) is 0 Å². The first-order chi connectivity index (χ1) is 9.43. The topological polar surface area (TPSA) is 55.8 Å². The van der Waals surface area contributed by atoms with E-state index in [4.69, 9.17) is 8.85 Å². The van der Waals surface area contributed by atoms with E-state index in [1.807, 2.05) is 19.6 Å². The SMILES string of the molecule is C[Si](C)(C)OC(=O)[C@@H]1C[C@@H](O[Si](C)(C)C)CN1C(=O)CBr. The zero-order valence-corrected chi connectivity index (χ0v) is 17.3. The van der Waals surface area contributed by atoms with Crippen LogP contribution in [0.2, 0.25) is 39.3 Å². The number of hydrogen-bond donors (Lipinski definition) is 0. The highest BCUT2D eigenvalue weighted by Crippen LogP contribution is 2.25. The van der Waals surface area contributed by atoms with Crippen LogP contribution in [0.1, 0.15) is 6.42 Å². The number of carbonyl (C=O) groups is 2. The highest BCUT2D eigenvalue weighted by Gasteiger charge is 2.42. The van der Waals surface area contributed by atoms with Crippen LogP contribution in [-0.2, 0) is 18.4 Å². The zero-order chi connectivity index (χ0) is 16.4. The second-order valence-corrected chi connectivity index (χ2v) is 16.8. The van der Waals surface area contributed by atoms with Gasteiger partial charge in [-0.05, 0) is 39.3 Å². The first-order valence-electron chi connectivity index (χ1n) is 7.19. The molecule has 1 aliphatic heterocycles. The molecule has 2 atom stereocenters. The Kier molecular flexibility index (Phi) is 6.22. The minimum absolute atomic E-state index is 0.0705. The van der Waals surface area contributed by atoms with E-state index in [0.29, 0.717) is 13.0 Å². The molecular formula is C13H26BrNO4Si2. The van der Waals surface area contributed by atoms with Gasteiger partial charge in [0.15, 0.2) is 8.32 Å². The second kappa shape index (κ2) is 6.93.